The van der Waals surface area contributed by atoms with Gasteiger partial charge in [-0.2, -0.15) is 0 Å². The summed E-state index contributed by atoms with van der Waals surface area (Å²) >= 11 is 0. The zero-order valence-corrected chi connectivity index (χ0v) is 10.8. The number of nitrogens with one attached hydrogen (secondary N) is 2. The first-order valence-electron chi connectivity index (χ1n) is 6.38. The Kier molecular flexibility index (Phi) is 3.05. The average molecular weight is 256 g/mol. The van der Waals surface area contributed by atoms with Gasteiger partial charge in [0.2, 0.25) is 0 Å². The van der Waals surface area contributed by atoms with E-state index in [1.165, 1.54) is 0 Å². The molecule has 19 heavy (non-hydrogen) atoms. The van der Waals surface area contributed by atoms with Crippen molar-refractivity contribution in [3.63, 3.8) is 0 Å². The minimum Gasteiger partial charge on any atom is -0.396 e. The number of imidazole rings is 2. The highest BCUT2D eigenvalue weighted by Gasteiger charge is 2.06. The van der Waals surface area contributed by atoms with E-state index < -0.39 is 0 Å². The van der Waals surface area contributed by atoms with E-state index in [9.17, 15) is 0 Å². The highest BCUT2D eigenvalue weighted by molar-refractivity contribution is 5.81. The standard InChI is InChI=1S/C14H16N4O/c1-9-16-11-5-4-10(7-12(11)17-9)13-8-15-14(18-13)3-2-6-19/h4-5,7-8,19H,2-3,6H2,1H3,(H,15,18)(H,16,17). The summed E-state index contributed by atoms with van der Waals surface area (Å²) in [5.74, 6) is 1.82. The number of nitrogens with zero attached hydrogens (tertiary/aromatic N) is 2. The van der Waals surface area contributed by atoms with Crippen LogP contribution >= 0.6 is 0 Å². The molecule has 0 fully saturated rings. The lowest BCUT2D eigenvalue weighted by Crippen LogP contribution is -1.91. The van der Waals surface area contributed by atoms with Gasteiger partial charge in [-0.3, -0.25) is 0 Å². The van der Waals surface area contributed by atoms with Crippen LogP contribution in [0.2, 0.25) is 0 Å². The Labute approximate surface area is 110 Å². The molecule has 0 radical (unpaired) electrons. The molecule has 0 aliphatic rings. The Balaban J connectivity index is 1.92. The molecule has 2 aromatic heterocycles. The van der Waals surface area contributed by atoms with Gasteiger partial charge in [-0.15, -0.1) is 0 Å². The third kappa shape index (κ3) is 2.37. The number of aromatic amines is 2. The van der Waals surface area contributed by atoms with Gasteiger partial charge in [0.25, 0.3) is 0 Å². The summed E-state index contributed by atoms with van der Waals surface area (Å²) in [7, 11) is 0. The van der Waals surface area contributed by atoms with Crippen molar-refractivity contribution in [1.29, 1.82) is 0 Å². The molecule has 5 nitrogen and oxygen atoms in total. The SMILES string of the molecule is Cc1nc2ccc(-c3cnc(CCCO)[nH]3)cc2[nH]1. The molecule has 3 N–H and O–H groups in total. The molecule has 3 rings (SSSR count). The Morgan fingerprint density at radius 1 is 1.26 bits per heavy atom. The number of hydrogen-bond acceptors (Lipinski definition) is 3. The normalized spacial score (nSPS) is 11.3. The molecular formula is C14H16N4O. The third-order valence-corrected chi connectivity index (χ3v) is 3.11. The van der Waals surface area contributed by atoms with Crippen molar-refractivity contribution in [3.05, 3.63) is 36.0 Å². The van der Waals surface area contributed by atoms with Crippen LogP contribution in [0.5, 0.6) is 0 Å². The van der Waals surface area contributed by atoms with E-state index in [2.05, 4.69) is 26.0 Å². The van der Waals surface area contributed by atoms with Crippen molar-refractivity contribution in [1.82, 2.24) is 19.9 Å². The van der Waals surface area contributed by atoms with Gasteiger partial charge in [-0.25, -0.2) is 9.97 Å². The minimum absolute atomic E-state index is 0.190. The van der Waals surface area contributed by atoms with Gasteiger partial charge in [-0.1, -0.05) is 6.07 Å². The van der Waals surface area contributed by atoms with E-state index in [0.717, 1.165) is 46.8 Å². The van der Waals surface area contributed by atoms with Crippen LogP contribution in [0.4, 0.5) is 0 Å². The Hall–Kier alpha value is -2.14. The molecular weight excluding hydrogens is 240 g/mol. The van der Waals surface area contributed by atoms with E-state index in [1.54, 1.807) is 0 Å². The molecule has 0 bridgehead atoms. The fourth-order valence-corrected chi connectivity index (χ4v) is 2.19. The van der Waals surface area contributed by atoms with Crippen molar-refractivity contribution in [2.75, 3.05) is 6.61 Å². The lowest BCUT2D eigenvalue weighted by atomic mass is 10.1. The zero-order valence-electron chi connectivity index (χ0n) is 10.8. The summed E-state index contributed by atoms with van der Waals surface area (Å²) in [6.07, 6.45) is 3.32. The van der Waals surface area contributed by atoms with E-state index in [4.69, 9.17) is 5.11 Å². The fraction of sp³-hybridized carbons (Fsp3) is 0.286. The van der Waals surface area contributed by atoms with Crippen molar-refractivity contribution in [3.8, 4) is 11.3 Å². The summed E-state index contributed by atoms with van der Waals surface area (Å²) in [5, 5.41) is 8.82. The van der Waals surface area contributed by atoms with Crippen LogP contribution in [-0.4, -0.2) is 31.6 Å². The van der Waals surface area contributed by atoms with Gasteiger partial charge in [0.1, 0.15) is 11.6 Å². The molecule has 0 unspecified atom stereocenters. The first-order chi connectivity index (χ1) is 9.26. The number of aromatic nitrogens is 4. The topological polar surface area (TPSA) is 77.6 Å². The molecule has 5 heteroatoms. The molecule has 0 aliphatic heterocycles. The average Bonchev–Trinajstić information content (AvgIpc) is 3.00. The first kappa shape index (κ1) is 11.9. The molecule has 3 aromatic rings. The number of fused-ring (bicyclic) bond motifs is 1. The van der Waals surface area contributed by atoms with Crippen LogP contribution in [-0.2, 0) is 6.42 Å². The lowest BCUT2D eigenvalue weighted by Gasteiger charge is -1.98. The summed E-state index contributed by atoms with van der Waals surface area (Å²) in [4.78, 5) is 15.2. The maximum absolute atomic E-state index is 8.82. The summed E-state index contributed by atoms with van der Waals surface area (Å²) in [6.45, 7) is 2.14. The molecule has 0 saturated heterocycles. The Morgan fingerprint density at radius 3 is 3.00 bits per heavy atom. The highest BCUT2D eigenvalue weighted by Crippen LogP contribution is 2.22. The van der Waals surface area contributed by atoms with E-state index in [0.29, 0.717) is 0 Å². The number of H-pyrrole nitrogens is 2. The molecule has 0 spiro atoms. The number of hydrogen-bond donors (Lipinski definition) is 3. The molecule has 0 atom stereocenters. The van der Waals surface area contributed by atoms with Gasteiger partial charge >= 0.3 is 0 Å². The molecule has 0 aliphatic carbocycles. The van der Waals surface area contributed by atoms with Crippen LogP contribution in [0.25, 0.3) is 22.3 Å². The predicted molar refractivity (Wildman–Crippen MR) is 73.8 cm³/mol. The second-order valence-corrected chi connectivity index (χ2v) is 4.62. The number of aliphatic hydroxyl groups excluding tert-OH is 1. The first-order valence-corrected chi connectivity index (χ1v) is 6.38. The second-order valence-electron chi connectivity index (χ2n) is 4.62. The maximum Gasteiger partial charge on any atom is 0.106 e. The minimum atomic E-state index is 0.190. The van der Waals surface area contributed by atoms with Gasteiger partial charge in [0.05, 0.1) is 22.9 Å². The Bertz CT molecular complexity index is 698. The van der Waals surface area contributed by atoms with Crippen LogP contribution in [0, 0.1) is 6.92 Å². The van der Waals surface area contributed by atoms with Gasteiger partial charge in [-0.05, 0) is 25.5 Å². The molecule has 0 saturated carbocycles. The molecule has 1 aromatic carbocycles. The monoisotopic (exact) mass is 256 g/mol. The summed E-state index contributed by atoms with van der Waals surface area (Å²) in [5.41, 5.74) is 4.07. The summed E-state index contributed by atoms with van der Waals surface area (Å²) in [6, 6.07) is 6.10. The molecule has 0 amide bonds. The second kappa shape index (κ2) is 4.85. The van der Waals surface area contributed by atoms with Crippen LogP contribution in [0.3, 0.4) is 0 Å². The van der Waals surface area contributed by atoms with Gasteiger partial charge < -0.3 is 15.1 Å². The number of rotatable bonds is 4. The molecule has 98 valence electrons. The largest absolute Gasteiger partial charge is 0.396 e. The van der Waals surface area contributed by atoms with E-state index >= 15 is 0 Å². The third-order valence-electron chi connectivity index (χ3n) is 3.11. The van der Waals surface area contributed by atoms with Crippen molar-refractivity contribution in [2.45, 2.75) is 19.8 Å². The van der Waals surface area contributed by atoms with Crippen LogP contribution < -0.4 is 0 Å². The quantitative estimate of drug-likeness (QED) is 0.669. The van der Waals surface area contributed by atoms with Crippen LogP contribution in [0.1, 0.15) is 18.1 Å². The van der Waals surface area contributed by atoms with Gasteiger partial charge in [0, 0.05) is 18.6 Å². The van der Waals surface area contributed by atoms with Crippen molar-refractivity contribution < 1.29 is 5.11 Å². The molecule has 2 heterocycles. The van der Waals surface area contributed by atoms with Crippen LogP contribution in [0.15, 0.2) is 24.4 Å². The van der Waals surface area contributed by atoms with Crippen molar-refractivity contribution >= 4 is 11.0 Å². The van der Waals surface area contributed by atoms with Crippen molar-refractivity contribution in [2.24, 2.45) is 0 Å². The fourth-order valence-electron chi connectivity index (χ4n) is 2.19. The highest BCUT2D eigenvalue weighted by atomic mass is 16.2. The number of benzene rings is 1. The zero-order chi connectivity index (χ0) is 13.2. The van der Waals surface area contributed by atoms with Gasteiger partial charge in [0.15, 0.2) is 0 Å². The number of aryl methyl sites for hydroxylation is 2. The lowest BCUT2D eigenvalue weighted by molar-refractivity contribution is 0.287. The summed E-state index contributed by atoms with van der Waals surface area (Å²) < 4.78 is 0. The number of aliphatic hydroxyl groups is 1. The predicted octanol–water partition coefficient (Wildman–Crippen LogP) is 2.19. The maximum atomic E-state index is 8.82. The smallest absolute Gasteiger partial charge is 0.106 e. The Morgan fingerprint density at radius 2 is 2.16 bits per heavy atom. The van der Waals surface area contributed by atoms with E-state index in [-0.39, 0.29) is 6.61 Å². The van der Waals surface area contributed by atoms with E-state index in [1.807, 2.05) is 25.3 Å².